The van der Waals surface area contributed by atoms with Gasteiger partial charge in [-0.2, -0.15) is 0 Å². The summed E-state index contributed by atoms with van der Waals surface area (Å²) < 4.78 is 71.0. The third kappa shape index (κ3) is 2.42. The molecule has 0 spiro atoms. The third-order valence-corrected chi connectivity index (χ3v) is 2.75. The van der Waals surface area contributed by atoms with E-state index in [1.54, 1.807) is 0 Å². The van der Waals surface area contributed by atoms with Crippen LogP contribution in [0.25, 0.3) is 0 Å². The molecule has 9 heteroatoms. The first-order valence-electron chi connectivity index (χ1n) is 2.94. The molecule has 1 heterocycles. The van der Waals surface area contributed by atoms with E-state index in [4.69, 9.17) is 0 Å². The van der Waals surface area contributed by atoms with E-state index >= 15 is 0 Å². The minimum absolute atomic E-state index is 0.654. The van der Waals surface area contributed by atoms with E-state index < -0.39 is 28.6 Å². The van der Waals surface area contributed by atoms with E-state index in [9.17, 15) is 26.3 Å². The van der Waals surface area contributed by atoms with Crippen LogP contribution in [0.3, 0.4) is 0 Å². The van der Waals surface area contributed by atoms with E-state index in [1.165, 1.54) is 0 Å². The number of H-pyrrole nitrogens is 1. The molecule has 0 aliphatic rings. The predicted octanol–water partition coefficient (Wildman–Crippen LogP) is 1.69. The van der Waals surface area contributed by atoms with Crippen LogP contribution in [0.2, 0.25) is 0 Å². The van der Waals surface area contributed by atoms with Crippen molar-refractivity contribution >= 4 is 4.59 Å². The normalized spacial score (nSPS) is 14.3. The van der Waals surface area contributed by atoms with Crippen molar-refractivity contribution in [2.24, 2.45) is 0 Å². The van der Waals surface area contributed by atoms with Crippen molar-refractivity contribution in [3.63, 3.8) is 0 Å². The van der Waals surface area contributed by atoms with Gasteiger partial charge in [0.15, 0.2) is 0 Å². The summed E-state index contributed by atoms with van der Waals surface area (Å²) in [5, 5.41) is -5.92. The molecule has 0 unspecified atom stereocenters. The van der Waals surface area contributed by atoms with Crippen LogP contribution in [0.15, 0.2) is 12.3 Å². The Morgan fingerprint density at radius 1 is 1.07 bits per heavy atom. The quantitative estimate of drug-likeness (QED) is 0.609. The molecule has 0 amide bonds. The fourth-order valence-corrected chi connectivity index (χ4v) is 1.84. The predicted molar refractivity (Wildman–Crippen MR) is 30.3 cm³/mol. The van der Waals surface area contributed by atoms with Gasteiger partial charge in [-0.25, -0.2) is 0 Å². The number of rotatable bonds is 1. The van der Waals surface area contributed by atoms with Gasteiger partial charge in [0, 0.05) is 0 Å². The summed E-state index contributed by atoms with van der Waals surface area (Å²) in [5.74, 6) is 0. The summed E-state index contributed by atoms with van der Waals surface area (Å²) in [5.41, 5.74) is 0. The molecule has 14 heavy (non-hydrogen) atoms. The Morgan fingerprint density at radius 3 is 1.86 bits per heavy atom. The Hall–Kier alpha value is -0.691. The van der Waals surface area contributed by atoms with Crippen molar-refractivity contribution in [3.8, 4) is 0 Å². The van der Waals surface area contributed by atoms with Gasteiger partial charge in [-0.3, -0.25) is 0 Å². The van der Waals surface area contributed by atoms with Crippen LogP contribution in [-0.2, 0) is 13.9 Å². The molecule has 0 aliphatic carbocycles. The average molecular weight is 269 g/mol. The summed E-state index contributed by atoms with van der Waals surface area (Å²) in [4.78, 5) is 0. The van der Waals surface area contributed by atoms with Gasteiger partial charge in [-0.15, -0.1) is 0 Å². The first kappa shape index (κ1) is 11.4. The van der Waals surface area contributed by atoms with Gasteiger partial charge >= 0.3 is 77.4 Å². The van der Waals surface area contributed by atoms with E-state index in [2.05, 4.69) is 5.10 Å². The first-order valence-corrected chi connectivity index (χ1v) is 4.36. The molecule has 0 aromatic carbocycles. The molecular formula is C5H3CuF6N2. The third-order valence-electron chi connectivity index (χ3n) is 0.942. The van der Waals surface area contributed by atoms with E-state index in [1.807, 2.05) is 5.10 Å². The molecule has 0 aliphatic heterocycles. The van der Waals surface area contributed by atoms with Crippen LogP contribution < -0.4 is 4.59 Å². The number of nitrogens with zero attached hydrogens (tertiary/aromatic N) is 1. The van der Waals surface area contributed by atoms with Gasteiger partial charge in [-0.05, 0) is 0 Å². The van der Waals surface area contributed by atoms with Gasteiger partial charge in [0.1, 0.15) is 0 Å². The second kappa shape index (κ2) is 3.47. The number of hydrogen-bond acceptors (Lipinski definition) is 1. The molecular weight excluding hydrogens is 266 g/mol. The van der Waals surface area contributed by atoms with E-state index in [0.717, 1.165) is 6.20 Å². The zero-order valence-corrected chi connectivity index (χ0v) is 7.11. The molecule has 0 saturated heterocycles. The average Bonchev–Trinajstić information content (AvgIpc) is 2.31. The van der Waals surface area contributed by atoms with E-state index in [0.29, 0.717) is 6.07 Å². The Balaban J connectivity index is 3.08. The number of halogens is 6. The monoisotopic (exact) mass is 268 g/mol. The van der Waals surface area contributed by atoms with Gasteiger partial charge in [0.05, 0.1) is 0 Å². The summed E-state index contributed by atoms with van der Waals surface area (Å²) in [6, 6.07) is 0.654. The Bertz CT molecular complexity index is 274. The molecule has 1 aromatic rings. The number of aromatic amines is 1. The summed E-state index contributed by atoms with van der Waals surface area (Å²) in [6.45, 7) is 0. The van der Waals surface area contributed by atoms with Gasteiger partial charge < -0.3 is 0 Å². The molecule has 2 nitrogen and oxygen atoms in total. The second-order valence-corrected chi connectivity index (χ2v) is 4.11. The SMILES string of the molecule is F[C](F)(F)[Cu]([c]1cc[nH]n1)[C](F)(F)F. The number of aromatic nitrogens is 2. The van der Waals surface area contributed by atoms with Crippen molar-refractivity contribution in [2.75, 3.05) is 0 Å². The molecule has 0 saturated carbocycles. The summed E-state index contributed by atoms with van der Waals surface area (Å²) >= 11 is -3.76. The van der Waals surface area contributed by atoms with Crippen molar-refractivity contribution in [1.29, 1.82) is 0 Å². The molecule has 0 atom stereocenters. The standard InChI is InChI=1S/C3H3N2.2CF3.Cu/c1-2-4-5-3-1;2*2-1(3)4;/h1-2H,(H,4,5);;;. The fraction of sp³-hybridized carbons (Fsp3) is 0.400. The van der Waals surface area contributed by atoms with Crippen molar-refractivity contribution in [2.45, 2.75) is 10.1 Å². The van der Waals surface area contributed by atoms with Crippen LogP contribution in [-0.4, -0.2) is 20.3 Å². The Morgan fingerprint density at radius 2 is 1.57 bits per heavy atom. The van der Waals surface area contributed by atoms with Gasteiger partial charge in [0.25, 0.3) is 0 Å². The second-order valence-electron chi connectivity index (χ2n) is 1.85. The fourth-order valence-electron chi connectivity index (χ4n) is 0.587. The van der Waals surface area contributed by atoms with Crippen LogP contribution >= 0.6 is 0 Å². The zero-order valence-electron chi connectivity index (χ0n) is 6.17. The van der Waals surface area contributed by atoms with Crippen LogP contribution in [0, 0.1) is 0 Å². The van der Waals surface area contributed by atoms with Crippen molar-refractivity contribution in [3.05, 3.63) is 12.3 Å². The molecule has 0 bridgehead atoms. The molecule has 0 radical (unpaired) electrons. The summed E-state index contributed by atoms with van der Waals surface area (Å²) in [6.07, 6.45) is 0.908. The zero-order chi connectivity index (χ0) is 11.0. The first-order chi connectivity index (χ1) is 6.23. The minimum atomic E-state index is -5.36. The van der Waals surface area contributed by atoms with Crippen LogP contribution in [0.4, 0.5) is 26.3 Å². The Labute approximate surface area is 78.2 Å². The number of alkyl halides is 6. The molecule has 1 N–H and O–H groups in total. The molecule has 86 valence electrons. The van der Waals surface area contributed by atoms with Crippen LogP contribution in [0.1, 0.15) is 0 Å². The maximum absolute atomic E-state index is 12.0. The number of hydrogen-bond donors (Lipinski definition) is 1. The summed E-state index contributed by atoms with van der Waals surface area (Å²) in [7, 11) is 0. The molecule has 1 aromatic heterocycles. The van der Waals surface area contributed by atoms with Crippen molar-refractivity contribution < 1.29 is 40.2 Å². The maximum atomic E-state index is 12.0. The number of nitrogens with one attached hydrogen (secondary N) is 1. The van der Waals surface area contributed by atoms with Gasteiger partial charge in [0.2, 0.25) is 0 Å². The van der Waals surface area contributed by atoms with E-state index in [-0.39, 0.29) is 0 Å². The molecule has 1 rings (SSSR count). The van der Waals surface area contributed by atoms with Crippen LogP contribution in [0.5, 0.6) is 0 Å². The Kier molecular flexibility index (Phi) is 2.82. The topological polar surface area (TPSA) is 28.7 Å². The molecule has 0 fully saturated rings. The van der Waals surface area contributed by atoms with Crippen molar-refractivity contribution in [1.82, 2.24) is 10.2 Å². The van der Waals surface area contributed by atoms with Gasteiger partial charge in [-0.1, -0.05) is 0 Å².